The number of hydrazine groups is 1. The molecule has 2 aromatic rings. The van der Waals surface area contributed by atoms with Gasteiger partial charge in [0.15, 0.2) is 34.8 Å². The Bertz CT molecular complexity index is 636. The first-order valence-electron chi connectivity index (χ1n) is 5.48. The molecule has 0 fully saturated rings. The van der Waals surface area contributed by atoms with Gasteiger partial charge in [-0.2, -0.15) is 0 Å². The van der Waals surface area contributed by atoms with E-state index in [0.717, 1.165) is 6.07 Å². The number of ether oxygens (including phenoxy) is 1. The minimum atomic E-state index is -0.934. The fraction of sp³-hybridized carbons (Fsp3) is 0.0833. The molecular weight excluding hydrogens is 273 g/mol. The SMILES string of the molecule is COc1ccc(Nc2nc(NN)c(F)cc2F)cc1F. The molecule has 5 nitrogen and oxygen atoms in total. The van der Waals surface area contributed by atoms with Gasteiger partial charge in [0.1, 0.15) is 0 Å². The zero-order valence-electron chi connectivity index (χ0n) is 10.4. The molecular formula is C12H11F3N4O. The van der Waals surface area contributed by atoms with Crippen LogP contribution in [0.5, 0.6) is 5.75 Å². The Morgan fingerprint density at radius 3 is 2.35 bits per heavy atom. The highest BCUT2D eigenvalue weighted by molar-refractivity contribution is 5.60. The third kappa shape index (κ3) is 2.75. The lowest BCUT2D eigenvalue weighted by Gasteiger charge is -2.10. The number of nitrogens with two attached hydrogens (primary N) is 1. The molecule has 0 amide bonds. The average molecular weight is 284 g/mol. The number of pyridine rings is 1. The minimum Gasteiger partial charge on any atom is -0.494 e. The highest BCUT2D eigenvalue weighted by Gasteiger charge is 2.12. The van der Waals surface area contributed by atoms with Crippen molar-refractivity contribution < 1.29 is 17.9 Å². The molecule has 0 aliphatic carbocycles. The third-order valence-corrected chi connectivity index (χ3v) is 2.48. The predicted molar refractivity (Wildman–Crippen MR) is 68.2 cm³/mol. The first kappa shape index (κ1) is 13.9. The van der Waals surface area contributed by atoms with Crippen LogP contribution in [0, 0.1) is 17.5 Å². The number of hydrogen-bond donors (Lipinski definition) is 3. The van der Waals surface area contributed by atoms with E-state index < -0.39 is 17.5 Å². The molecule has 4 N–H and O–H groups in total. The summed E-state index contributed by atoms with van der Waals surface area (Å²) < 4.78 is 45.0. The molecule has 0 saturated carbocycles. The number of methoxy groups -OCH3 is 1. The molecule has 0 aliphatic heterocycles. The summed E-state index contributed by atoms with van der Waals surface area (Å²) in [6, 6.07) is 4.53. The Morgan fingerprint density at radius 2 is 1.75 bits per heavy atom. The number of rotatable bonds is 4. The molecule has 0 unspecified atom stereocenters. The molecule has 0 spiro atoms. The van der Waals surface area contributed by atoms with Crippen molar-refractivity contribution in [3.63, 3.8) is 0 Å². The lowest BCUT2D eigenvalue weighted by molar-refractivity contribution is 0.386. The summed E-state index contributed by atoms with van der Waals surface area (Å²) in [5.74, 6) is 1.98. The normalized spacial score (nSPS) is 10.2. The third-order valence-electron chi connectivity index (χ3n) is 2.48. The first-order chi connectivity index (χ1) is 9.55. The fourth-order valence-corrected chi connectivity index (χ4v) is 1.54. The van der Waals surface area contributed by atoms with Gasteiger partial charge in [-0.3, -0.25) is 0 Å². The van der Waals surface area contributed by atoms with Gasteiger partial charge < -0.3 is 15.5 Å². The van der Waals surface area contributed by atoms with Crippen LogP contribution in [-0.2, 0) is 0 Å². The summed E-state index contributed by atoms with van der Waals surface area (Å²) >= 11 is 0. The van der Waals surface area contributed by atoms with Crippen LogP contribution in [-0.4, -0.2) is 12.1 Å². The van der Waals surface area contributed by atoms with Crippen LogP contribution in [0.25, 0.3) is 0 Å². The second-order valence-corrected chi connectivity index (χ2v) is 3.77. The van der Waals surface area contributed by atoms with Crippen molar-refractivity contribution in [1.82, 2.24) is 4.98 Å². The maximum atomic E-state index is 13.5. The number of nitrogens with zero attached hydrogens (tertiary/aromatic N) is 1. The molecule has 1 heterocycles. The highest BCUT2D eigenvalue weighted by Crippen LogP contribution is 2.25. The van der Waals surface area contributed by atoms with Gasteiger partial charge in [-0.15, -0.1) is 0 Å². The minimum absolute atomic E-state index is 0.0485. The van der Waals surface area contributed by atoms with Crippen molar-refractivity contribution in [3.05, 3.63) is 41.7 Å². The summed E-state index contributed by atoms with van der Waals surface area (Å²) in [6.07, 6.45) is 0. The summed E-state index contributed by atoms with van der Waals surface area (Å²) in [4.78, 5) is 3.61. The number of halogens is 3. The maximum absolute atomic E-state index is 13.5. The van der Waals surface area contributed by atoms with E-state index in [1.807, 2.05) is 5.43 Å². The van der Waals surface area contributed by atoms with Gasteiger partial charge in [-0.05, 0) is 12.1 Å². The van der Waals surface area contributed by atoms with Crippen molar-refractivity contribution in [2.24, 2.45) is 5.84 Å². The zero-order chi connectivity index (χ0) is 14.7. The lowest BCUT2D eigenvalue weighted by Crippen LogP contribution is -2.12. The van der Waals surface area contributed by atoms with E-state index >= 15 is 0 Å². The Labute approximate surface area is 112 Å². The molecule has 0 radical (unpaired) electrons. The largest absolute Gasteiger partial charge is 0.494 e. The Morgan fingerprint density at radius 1 is 1.05 bits per heavy atom. The molecule has 0 aliphatic rings. The highest BCUT2D eigenvalue weighted by atomic mass is 19.1. The number of hydrogen-bond acceptors (Lipinski definition) is 5. The summed E-state index contributed by atoms with van der Waals surface area (Å²) in [5, 5.41) is 2.52. The van der Waals surface area contributed by atoms with E-state index in [0.29, 0.717) is 6.07 Å². The standard InChI is InChI=1S/C12H11F3N4O/c1-20-10-3-2-6(4-7(10)13)17-11-8(14)5-9(15)12(18-11)19-16/h2-5H,16H2,1H3,(H2,17,18,19). The van der Waals surface area contributed by atoms with E-state index in [4.69, 9.17) is 10.6 Å². The van der Waals surface area contributed by atoms with Crippen LogP contribution in [0.15, 0.2) is 24.3 Å². The predicted octanol–water partition coefficient (Wildman–Crippen LogP) is 2.54. The molecule has 0 atom stereocenters. The van der Waals surface area contributed by atoms with Crippen molar-refractivity contribution in [2.45, 2.75) is 0 Å². The molecule has 20 heavy (non-hydrogen) atoms. The molecule has 1 aromatic carbocycles. The van der Waals surface area contributed by atoms with E-state index in [9.17, 15) is 13.2 Å². The monoisotopic (exact) mass is 284 g/mol. The van der Waals surface area contributed by atoms with Crippen LogP contribution >= 0.6 is 0 Å². The van der Waals surface area contributed by atoms with Crippen LogP contribution in [0.4, 0.5) is 30.5 Å². The number of benzene rings is 1. The maximum Gasteiger partial charge on any atom is 0.178 e. The van der Waals surface area contributed by atoms with Gasteiger partial charge in [0, 0.05) is 17.8 Å². The van der Waals surface area contributed by atoms with Crippen molar-refractivity contribution in [3.8, 4) is 5.75 Å². The van der Waals surface area contributed by atoms with Gasteiger partial charge in [0.2, 0.25) is 0 Å². The van der Waals surface area contributed by atoms with Crippen LogP contribution in [0.3, 0.4) is 0 Å². The van der Waals surface area contributed by atoms with E-state index in [1.54, 1.807) is 0 Å². The first-order valence-corrected chi connectivity index (χ1v) is 5.48. The number of nitrogen functional groups attached to an aromatic ring is 1. The summed E-state index contributed by atoms with van der Waals surface area (Å²) in [7, 11) is 1.33. The number of anilines is 3. The smallest absolute Gasteiger partial charge is 0.178 e. The number of nitrogens with one attached hydrogen (secondary N) is 2. The zero-order valence-corrected chi connectivity index (χ0v) is 10.4. The van der Waals surface area contributed by atoms with Gasteiger partial charge in [0.25, 0.3) is 0 Å². The molecule has 1 aromatic heterocycles. The van der Waals surface area contributed by atoms with Gasteiger partial charge in [-0.25, -0.2) is 24.0 Å². The topological polar surface area (TPSA) is 72.2 Å². The Hall–Kier alpha value is -2.48. The quantitative estimate of drug-likeness (QED) is 0.594. The average Bonchev–Trinajstić information content (AvgIpc) is 2.42. The Balaban J connectivity index is 2.32. The summed E-state index contributed by atoms with van der Waals surface area (Å²) in [6.45, 7) is 0. The summed E-state index contributed by atoms with van der Waals surface area (Å²) in [5.41, 5.74) is 2.22. The van der Waals surface area contributed by atoms with E-state index in [1.165, 1.54) is 19.2 Å². The second-order valence-electron chi connectivity index (χ2n) is 3.77. The van der Waals surface area contributed by atoms with E-state index in [2.05, 4.69) is 10.3 Å². The van der Waals surface area contributed by atoms with Crippen LogP contribution < -0.4 is 21.3 Å². The second kappa shape index (κ2) is 5.66. The molecule has 2 rings (SSSR count). The lowest BCUT2D eigenvalue weighted by atomic mass is 10.3. The fourth-order valence-electron chi connectivity index (χ4n) is 1.54. The van der Waals surface area contributed by atoms with Gasteiger partial charge in [0.05, 0.1) is 7.11 Å². The van der Waals surface area contributed by atoms with Crippen LogP contribution in [0.2, 0.25) is 0 Å². The molecule has 0 saturated heterocycles. The van der Waals surface area contributed by atoms with E-state index in [-0.39, 0.29) is 23.1 Å². The van der Waals surface area contributed by atoms with Crippen LogP contribution in [0.1, 0.15) is 0 Å². The van der Waals surface area contributed by atoms with Crippen molar-refractivity contribution >= 4 is 17.3 Å². The van der Waals surface area contributed by atoms with Crippen molar-refractivity contribution in [1.29, 1.82) is 0 Å². The molecule has 8 heteroatoms. The number of aromatic nitrogens is 1. The molecule has 106 valence electrons. The van der Waals surface area contributed by atoms with Crippen molar-refractivity contribution in [2.75, 3.05) is 17.9 Å². The molecule has 0 bridgehead atoms. The Kier molecular flexibility index (Phi) is 3.94. The van der Waals surface area contributed by atoms with Gasteiger partial charge >= 0.3 is 0 Å². The van der Waals surface area contributed by atoms with Gasteiger partial charge in [-0.1, -0.05) is 0 Å².